The molecule has 102 valence electrons. The van der Waals surface area contributed by atoms with Gasteiger partial charge in [-0.05, 0) is 32.2 Å². The van der Waals surface area contributed by atoms with Crippen LogP contribution in [0.3, 0.4) is 0 Å². The fraction of sp³-hybridized carbons (Fsp3) is 1.00. The monoisotopic (exact) mass is 256 g/mol. The molecular formula is C14H32N2Si. The Morgan fingerprint density at radius 2 is 1.76 bits per heavy atom. The topological polar surface area (TPSA) is 24.1 Å². The van der Waals surface area contributed by atoms with Crippen molar-refractivity contribution in [1.82, 2.24) is 10.3 Å². The van der Waals surface area contributed by atoms with Gasteiger partial charge in [0, 0.05) is 18.6 Å². The average Bonchev–Trinajstić information content (AvgIpc) is 2.58. The van der Waals surface area contributed by atoms with E-state index in [0.29, 0.717) is 0 Å². The van der Waals surface area contributed by atoms with Crippen LogP contribution in [0.1, 0.15) is 47.0 Å². The van der Waals surface area contributed by atoms with E-state index in [9.17, 15) is 0 Å². The van der Waals surface area contributed by atoms with Crippen LogP contribution in [-0.4, -0.2) is 26.9 Å². The minimum atomic E-state index is -1.22. The van der Waals surface area contributed by atoms with Crippen LogP contribution in [-0.2, 0) is 0 Å². The molecule has 1 aliphatic carbocycles. The second-order valence-corrected chi connectivity index (χ2v) is 11.9. The first-order valence-corrected chi connectivity index (χ1v) is 10.3. The molecule has 1 saturated carbocycles. The van der Waals surface area contributed by atoms with Gasteiger partial charge in [0.15, 0.2) is 0 Å². The number of hydrogen-bond donors (Lipinski definition) is 2. The maximum atomic E-state index is 3.88. The van der Waals surface area contributed by atoms with E-state index in [1.807, 2.05) is 0 Å². The normalized spacial score (nSPS) is 26.5. The van der Waals surface area contributed by atoms with Crippen molar-refractivity contribution in [1.29, 1.82) is 0 Å². The Morgan fingerprint density at radius 3 is 2.24 bits per heavy atom. The second kappa shape index (κ2) is 5.85. The molecule has 0 aromatic rings. The molecule has 2 atom stereocenters. The average molecular weight is 257 g/mol. The molecule has 0 saturated heterocycles. The van der Waals surface area contributed by atoms with E-state index in [4.69, 9.17) is 0 Å². The van der Waals surface area contributed by atoms with Crippen LogP contribution in [0, 0.1) is 5.92 Å². The highest BCUT2D eigenvalue weighted by atomic mass is 28.3. The molecule has 0 amide bonds. The summed E-state index contributed by atoms with van der Waals surface area (Å²) in [6.07, 6.45) is 4.35. The van der Waals surface area contributed by atoms with Gasteiger partial charge < -0.3 is 10.3 Å². The highest BCUT2D eigenvalue weighted by Gasteiger charge is 2.37. The predicted molar refractivity (Wildman–Crippen MR) is 80.0 cm³/mol. The third-order valence-corrected chi connectivity index (χ3v) is 8.02. The largest absolute Gasteiger partial charge is 0.336 e. The maximum absolute atomic E-state index is 3.88. The molecule has 2 N–H and O–H groups in total. The van der Waals surface area contributed by atoms with Crippen molar-refractivity contribution in [3.63, 3.8) is 0 Å². The van der Waals surface area contributed by atoms with Crippen molar-refractivity contribution in [2.24, 2.45) is 5.92 Å². The van der Waals surface area contributed by atoms with Crippen LogP contribution in [0.15, 0.2) is 0 Å². The molecular weight excluding hydrogens is 224 g/mol. The molecule has 0 bridgehead atoms. The van der Waals surface area contributed by atoms with Gasteiger partial charge in [-0.1, -0.05) is 39.3 Å². The van der Waals surface area contributed by atoms with E-state index in [0.717, 1.165) is 24.5 Å². The Hall–Kier alpha value is 0.137. The van der Waals surface area contributed by atoms with Crippen LogP contribution in [0.4, 0.5) is 0 Å². The third kappa shape index (κ3) is 5.10. The van der Waals surface area contributed by atoms with Crippen molar-refractivity contribution in [2.75, 3.05) is 13.1 Å². The smallest absolute Gasteiger partial charge is 0.122 e. The third-order valence-electron chi connectivity index (χ3n) is 4.15. The zero-order chi connectivity index (χ0) is 13.1. The highest BCUT2D eigenvalue weighted by molar-refractivity contribution is 6.76. The van der Waals surface area contributed by atoms with Gasteiger partial charge in [0.1, 0.15) is 8.24 Å². The van der Waals surface area contributed by atoms with Crippen LogP contribution >= 0.6 is 0 Å². The van der Waals surface area contributed by atoms with Crippen LogP contribution in [0.2, 0.25) is 18.6 Å². The summed E-state index contributed by atoms with van der Waals surface area (Å²) in [5.41, 5.74) is 1.23. The molecule has 1 fully saturated rings. The molecule has 17 heavy (non-hydrogen) atoms. The molecule has 0 aromatic heterocycles. The first-order chi connectivity index (χ1) is 7.72. The zero-order valence-corrected chi connectivity index (χ0v) is 13.7. The van der Waals surface area contributed by atoms with Gasteiger partial charge in [-0.2, -0.15) is 0 Å². The van der Waals surface area contributed by atoms with Crippen LogP contribution in [0.5, 0.6) is 0 Å². The molecule has 2 nitrogen and oxygen atoms in total. The molecule has 1 aliphatic rings. The van der Waals surface area contributed by atoms with E-state index in [-0.39, 0.29) is 5.54 Å². The van der Waals surface area contributed by atoms with E-state index >= 15 is 0 Å². The first-order valence-electron chi connectivity index (χ1n) is 7.22. The number of hydrogen-bond acceptors (Lipinski definition) is 2. The molecule has 0 heterocycles. The van der Waals surface area contributed by atoms with E-state index in [2.05, 4.69) is 51.1 Å². The molecule has 0 radical (unpaired) electrons. The van der Waals surface area contributed by atoms with E-state index in [1.165, 1.54) is 19.3 Å². The van der Waals surface area contributed by atoms with Crippen molar-refractivity contribution in [2.45, 2.75) is 71.1 Å². The van der Waals surface area contributed by atoms with Crippen molar-refractivity contribution < 1.29 is 0 Å². The summed E-state index contributed by atoms with van der Waals surface area (Å²) in [7, 11) is -1.22. The van der Waals surface area contributed by atoms with Gasteiger partial charge >= 0.3 is 0 Å². The van der Waals surface area contributed by atoms with Crippen LogP contribution < -0.4 is 10.3 Å². The predicted octanol–water partition coefficient (Wildman–Crippen LogP) is 3.36. The summed E-state index contributed by atoms with van der Waals surface area (Å²) in [6.45, 7) is 16.4. The van der Waals surface area contributed by atoms with Gasteiger partial charge in [-0.3, -0.25) is 0 Å². The van der Waals surface area contributed by atoms with Crippen molar-refractivity contribution in [3.8, 4) is 0 Å². The zero-order valence-electron chi connectivity index (χ0n) is 12.7. The minimum absolute atomic E-state index is 0.244. The Balaban J connectivity index is 2.29. The Bertz CT molecular complexity index is 233. The second-order valence-electron chi connectivity index (χ2n) is 7.34. The lowest BCUT2D eigenvalue weighted by molar-refractivity contribution is 0.428. The lowest BCUT2D eigenvalue weighted by atomic mass is 10.1. The molecule has 2 unspecified atom stereocenters. The van der Waals surface area contributed by atoms with E-state index < -0.39 is 8.24 Å². The summed E-state index contributed by atoms with van der Waals surface area (Å²) >= 11 is 0. The molecule has 0 aromatic carbocycles. The molecule has 1 rings (SSSR count). The lowest BCUT2D eigenvalue weighted by Gasteiger charge is -2.34. The van der Waals surface area contributed by atoms with Crippen LogP contribution in [0.25, 0.3) is 0 Å². The SMILES string of the molecule is CC1CCCC1[Si](C)(C)NCCNC(C)(C)C. The van der Waals surface area contributed by atoms with Gasteiger partial charge in [-0.15, -0.1) is 0 Å². The fourth-order valence-electron chi connectivity index (χ4n) is 3.17. The van der Waals surface area contributed by atoms with Gasteiger partial charge in [0.2, 0.25) is 0 Å². The standard InChI is InChI=1S/C14H32N2Si/c1-12-8-7-9-13(12)17(5,6)16-11-10-15-14(2,3)4/h12-13,15-16H,7-11H2,1-6H3. The summed E-state index contributed by atoms with van der Waals surface area (Å²) < 4.78 is 0. The van der Waals surface area contributed by atoms with Gasteiger partial charge in [-0.25, -0.2) is 0 Å². The van der Waals surface area contributed by atoms with Gasteiger partial charge in [0.05, 0.1) is 0 Å². The van der Waals surface area contributed by atoms with E-state index in [1.54, 1.807) is 0 Å². The highest BCUT2D eigenvalue weighted by Crippen LogP contribution is 2.41. The summed E-state index contributed by atoms with van der Waals surface area (Å²) in [4.78, 5) is 3.88. The summed E-state index contributed by atoms with van der Waals surface area (Å²) in [5.74, 6) is 0.944. The molecule has 3 heteroatoms. The fourth-order valence-corrected chi connectivity index (χ4v) is 6.72. The summed E-state index contributed by atoms with van der Waals surface area (Å²) in [5, 5.41) is 3.56. The molecule has 0 aliphatic heterocycles. The minimum Gasteiger partial charge on any atom is -0.336 e. The number of nitrogens with one attached hydrogen (secondary N) is 2. The maximum Gasteiger partial charge on any atom is 0.122 e. The summed E-state index contributed by atoms with van der Waals surface area (Å²) in [6, 6.07) is 0. The molecule has 0 spiro atoms. The quantitative estimate of drug-likeness (QED) is 0.582. The Morgan fingerprint density at radius 1 is 1.12 bits per heavy atom. The van der Waals surface area contributed by atoms with Gasteiger partial charge in [0.25, 0.3) is 0 Å². The van der Waals surface area contributed by atoms with Crippen molar-refractivity contribution in [3.05, 3.63) is 0 Å². The lowest BCUT2D eigenvalue weighted by Crippen LogP contribution is -2.52. The first kappa shape index (κ1) is 15.2. The Labute approximate surface area is 109 Å². The van der Waals surface area contributed by atoms with Crippen molar-refractivity contribution >= 4 is 8.24 Å². The Kier molecular flexibility index (Phi) is 5.23. The number of rotatable bonds is 5.